The molecule has 0 heterocycles. The predicted octanol–water partition coefficient (Wildman–Crippen LogP) is 5.81. The van der Waals surface area contributed by atoms with Crippen LogP contribution in [0.25, 0.3) is 32.7 Å². The third-order valence-electron chi connectivity index (χ3n) is 5.35. The monoisotopic (exact) mass is 392 g/mol. The molecule has 0 unspecified atom stereocenters. The summed E-state index contributed by atoms with van der Waals surface area (Å²) in [5, 5.41) is 22.8. The van der Waals surface area contributed by atoms with Gasteiger partial charge in [0.1, 0.15) is 11.5 Å². The van der Waals surface area contributed by atoms with Crippen LogP contribution in [0.5, 0.6) is 11.5 Å². The van der Waals surface area contributed by atoms with Gasteiger partial charge in [0.05, 0.1) is 39.2 Å². The van der Waals surface area contributed by atoms with Crippen molar-refractivity contribution < 1.29 is 9.47 Å². The molecule has 0 N–H and O–H groups in total. The molecule has 0 saturated carbocycles. The molecule has 0 aliphatic rings. The minimum Gasteiger partial charge on any atom is -0.496 e. The Kier molecular flexibility index (Phi) is 5.24. The molecule has 4 aromatic rings. The van der Waals surface area contributed by atoms with Gasteiger partial charge in [-0.1, -0.05) is 48.5 Å². The fourth-order valence-electron chi connectivity index (χ4n) is 4.17. The van der Waals surface area contributed by atoms with Crippen LogP contribution in [0.3, 0.4) is 0 Å². The van der Waals surface area contributed by atoms with Crippen LogP contribution in [0.1, 0.15) is 11.1 Å². The van der Waals surface area contributed by atoms with Crippen molar-refractivity contribution in [1.29, 1.82) is 10.5 Å². The zero-order valence-electron chi connectivity index (χ0n) is 16.9. The molecule has 0 spiro atoms. The third-order valence-corrected chi connectivity index (χ3v) is 5.35. The summed E-state index contributed by atoms with van der Waals surface area (Å²) in [6.45, 7) is 0. The van der Waals surface area contributed by atoms with E-state index in [-0.39, 0.29) is 12.8 Å². The molecule has 0 amide bonds. The number of ether oxygens (including phenoxy) is 2. The van der Waals surface area contributed by atoms with Crippen molar-refractivity contribution in [1.82, 2.24) is 0 Å². The maximum Gasteiger partial charge on any atom is 0.131 e. The van der Waals surface area contributed by atoms with Crippen LogP contribution in [0.2, 0.25) is 0 Å². The van der Waals surface area contributed by atoms with Gasteiger partial charge in [0, 0.05) is 22.3 Å². The van der Waals surface area contributed by atoms with Gasteiger partial charge < -0.3 is 9.47 Å². The average molecular weight is 392 g/mol. The quantitative estimate of drug-likeness (QED) is 0.430. The fourth-order valence-corrected chi connectivity index (χ4v) is 4.17. The Morgan fingerprint density at radius 2 is 1.07 bits per heavy atom. The lowest BCUT2D eigenvalue weighted by Gasteiger charge is -2.21. The number of nitriles is 2. The van der Waals surface area contributed by atoms with E-state index < -0.39 is 0 Å². The largest absolute Gasteiger partial charge is 0.496 e. The summed E-state index contributed by atoms with van der Waals surface area (Å²) < 4.78 is 11.7. The van der Waals surface area contributed by atoms with E-state index in [1.807, 2.05) is 48.5 Å². The van der Waals surface area contributed by atoms with E-state index in [1.165, 1.54) is 0 Å². The molecule has 30 heavy (non-hydrogen) atoms. The minimum absolute atomic E-state index is 0.235. The minimum atomic E-state index is 0.235. The fraction of sp³-hybridized carbons (Fsp3) is 0.154. The molecule has 0 aromatic heterocycles. The zero-order chi connectivity index (χ0) is 21.1. The lowest BCUT2D eigenvalue weighted by molar-refractivity contribution is 0.407. The summed E-state index contributed by atoms with van der Waals surface area (Å²) >= 11 is 0. The van der Waals surface area contributed by atoms with Crippen molar-refractivity contribution in [2.75, 3.05) is 14.2 Å². The predicted molar refractivity (Wildman–Crippen MR) is 119 cm³/mol. The summed E-state index contributed by atoms with van der Waals surface area (Å²) in [7, 11) is 3.25. The van der Waals surface area contributed by atoms with Crippen LogP contribution in [-0.2, 0) is 12.8 Å². The van der Waals surface area contributed by atoms with Gasteiger partial charge in [-0.3, -0.25) is 0 Å². The summed E-state index contributed by atoms with van der Waals surface area (Å²) in [5.74, 6) is 1.32. The van der Waals surface area contributed by atoms with Crippen LogP contribution in [0.4, 0.5) is 0 Å². The highest BCUT2D eigenvalue weighted by Gasteiger charge is 2.23. The summed E-state index contributed by atoms with van der Waals surface area (Å²) in [6.07, 6.45) is 0.471. The van der Waals surface area contributed by atoms with Crippen molar-refractivity contribution >= 4 is 21.5 Å². The molecule has 0 aliphatic carbocycles. The number of fused-ring (bicyclic) bond motifs is 2. The topological polar surface area (TPSA) is 66.0 Å². The Labute approximate surface area is 175 Å². The van der Waals surface area contributed by atoms with Gasteiger partial charge in [-0.2, -0.15) is 10.5 Å². The molecule has 0 bridgehead atoms. The van der Waals surface area contributed by atoms with Gasteiger partial charge in [-0.05, 0) is 33.7 Å². The lowest BCUT2D eigenvalue weighted by Crippen LogP contribution is -2.01. The lowest BCUT2D eigenvalue weighted by atomic mass is 9.88. The molecular weight excluding hydrogens is 372 g/mol. The number of nitrogens with zero attached hydrogens (tertiary/aromatic N) is 2. The van der Waals surface area contributed by atoms with E-state index in [4.69, 9.17) is 9.47 Å². The van der Waals surface area contributed by atoms with Crippen molar-refractivity contribution in [2.45, 2.75) is 12.8 Å². The van der Waals surface area contributed by atoms with Gasteiger partial charge in [-0.25, -0.2) is 0 Å². The Hall–Kier alpha value is -4.02. The molecule has 4 heteroatoms. The van der Waals surface area contributed by atoms with Crippen LogP contribution in [0, 0.1) is 22.7 Å². The zero-order valence-corrected chi connectivity index (χ0v) is 16.9. The summed E-state index contributed by atoms with van der Waals surface area (Å²) in [6, 6.07) is 24.6. The second-order valence-corrected chi connectivity index (χ2v) is 7.00. The van der Waals surface area contributed by atoms with E-state index in [2.05, 4.69) is 24.3 Å². The van der Waals surface area contributed by atoms with Gasteiger partial charge in [0.15, 0.2) is 0 Å². The van der Waals surface area contributed by atoms with Crippen molar-refractivity contribution in [3.05, 3.63) is 71.8 Å². The van der Waals surface area contributed by atoms with Gasteiger partial charge in [0.2, 0.25) is 0 Å². The van der Waals surface area contributed by atoms with Gasteiger partial charge in [0.25, 0.3) is 0 Å². The number of benzene rings is 4. The van der Waals surface area contributed by atoms with Crippen LogP contribution < -0.4 is 9.47 Å². The standard InChI is InChI=1S/C26H20N2O2/c1-29-25-19(11-13-27)15-17-7-3-5-9-21(17)23(25)24-22-10-6-4-8-18(22)16-20(12-14-28)26(24)30-2/h3-10,15-16H,11-12H2,1-2H3. The molecular formula is C26H20N2O2. The maximum atomic E-state index is 9.39. The molecule has 4 nitrogen and oxygen atoms in total. The number of hydrogen-bond acceptors (Lipinski definition) is 4. The smallest absolute Gasteiger partial charge is 0.131 e. The first-order valence-electron chi connectivity index (χ1n) is 9.65. The molecule has 0 aliphatic heterocycles. The molecule has 0 saturated heterocycles. The highest BCUT2D eigenvalue weighted by molar-refractivity contribution is 6.10. The SMILES string of the molecule is COc1c(CC#N)cc2ccccc2c1-c1c(OC)c(CC#N)cc2ccccc12. The highest BCUT2D eigenvalue weighted by atomic mass is 16.5. The number of rotatable bonds is 5. The second kappa shape index (κ2) is 8.15. The Balaban J connectivity index is 2.26. The van der Waals surface area contributed by atoms with E-state index >= 15 is 0 Å². The second-order valence-electron chi connectivity index (χ2n) is 7.00. The first-order chi connectivity index (χ1) is 14.7. The molecule has 146 valence electrons. The molecule has 0 radical (unpaired) electrons. The first-order valence-corrected chi connectivity index (χ1v) is 9.65. The highest BCUT2D eigenvalue weighted by Crippen LogP contribution is 2.48. The number of hydrogen-bond donors (Lipinski definition) is 0. The van der Waals surface area contributed by atoms with Gasteiger partial charge in [-0.15, -0.1) is 0 Å². The van der Waals surface area contributed by atoms with Crippen molar-refractivity contribution in [2.24, 2.45) is 0 Å². The number of methoxy groups -OCH3 is 2. The van der Waals surface area contributed by atoms with Crippen LogP contribution in [0.15, 0.2) is 60.7 Å². The molecule has 0 fully saturated rings. The first kappa shape index (κ1) is 19.3. The van der Waals surface area contributed by atoms with Crippen molar-refractivity contribution in [3.63, 3.8) is 0 Å². The Morgan fingerprint density at radius 3 is 1.43 bits per heavy atom. The van der Waals surface area contributed by atoms with Gasteiger partial charge >= 0.3 is 0 Å². The summed E-state index contributed by atoms with van der Waals surface area (Å²) in [5.41, 5.74) is 3.42. The Bertz CT molecular complexity index is 1240. The van der Waals surface area contributed by atoms with E-state index in [0.29, 0.717) is 11.5 Å². The maximum absolute atomic E-state index is 9.39. The summed E-state index contributed by atoms with van der Waals surface area (Å²) in [4.78, 5) is 0. The van der Waals surface area contributed by atoms with E-state index in [9.17, 15) is 10.5 Å². The molecule has 4 aromatic carbocycles. The third kappa shape index (κ3) is 3.09. The van der Waals surface area contributed by atoms with Crippen LogP contribution in [-0.4, -0.2) is 14.2 Å². The van der Waals surface area contributed by atoms with E-state index in [0.717, 1.165) is 43.8 Å². The van der Waals surface area contributed by atoms with Crippen LogP contribution >= 0.6 is 0 Å². The Morgan fingerprint density at radius 1 is 0.667 bits per heavy atom. The molecule has 0 atom stereocenters. The van der Waals surface area contributed by atoms with E-state index in [1.54, 1.807) is 14.2 Å². The van der Waals surface area contributed by atoms with Crippen molar-refractivity contribution in [3.8, 4) is 34.8 Å². The average Bonchev–Trinajstić information content (AvgIpc) is 2.78. The normalized spacial score (nSPS) is 10.5. The molecule has 4 rings (SSSR count).